The third-order valence-electron chi connectivity index (χ3n) is 2.99. The summed E-state index contributed by atoms with van der Waals surface area (Å²) in [7, 11) is 0. The Morgan fingerprint density at radius 3 is 2.89 bits per heavy atom. The van der Waals surface area contributed by atoms with Crippen molar-refractivity contribution in [2.45, 2.75) is 30.6 Å². The lowest BCUT2D eigenvalue weighted by molar-refractivity contribution is 0.601. The van der Waals surface area contributed by atoms with E-state index < -0.39 is 0 Å². The number of aromatic amines is 1. The van der Waals surface area contributed by atoms with E-state index in [-0.39, 0.29) is 0 Å². The van der Waals surface area contributed by atoms with Gasteiger partial charge in [0, 0.05) is 6.54 Å². The first kappa shape index (κ1) is 12.1. The average molecular weight is 273 g/mol. The van der Waals surface area contributed by atoms with Gasteiger partial charge in [-0.25, -0.2) is 4.98 Å². The first-order valence-corrected chi connectivity index (χ1v) is 6.96. The predicted octanol–water partition coefficient (Wildman–Crippen LogP) is 2.82. The van der Waals surface area contributed by atoms with E-state index in [9.17, 15) is 0 Å². The third-order valence-corrected chi connectivity index (χ3v) is 4.00. The molecule has 5 nitrogen and oxygen atoms in total. The van der Waals surface area contributed by atoms with Crippen LogP contribution in [-0.2, 0) is 6.54 Å². The lowest BCUT2D eigenvalue weighted by atomic mass is 10.3. The molecule has 98 valence electrons. The van der Waals surface area contributed by atoms with Gasteiger partial charge in [-0.05, 0) is 37.7 Å². The summed E-state index contributed by atoms with van der Waals surface area (Å²) in [5.41, 5.74) is 9.66. The monoisotopic (exact) mass is 273 g/mol. The number of imidazole rings is 1. The molecular formula is C13H15N5S. The maximum Gasteiger partial charge on any atom is 0.172 e. The number of fused-ring (bicyclic) bond motifs is 1. The number of nitrogens with two attached hydrogens (primary N) is 1. The number of nitrogens with one attached hydrogen (secondary N) is 1. The lowest BCUT2D eigenvalue weighted by Gasteiger charge is -2.02. The molecule has 0 aliphatic carbocycles. The van der Waals surface area contributed by atoms with Crippen LogP contribution in [0.3, 0.4) is 0 Å². The molecule has 0 unspecified atom stereocenters. The number of anilines is 1. The number of para-hydroxylation sites is 2. The number of aryl methyl sites for hydroxylation is 2. The first-order valence-electron chi connectivity index (χ1n) is 6.14. The van der Waals surface area contributed by atoms with Crippen LogP contribution in [0.4, 0.5) is 5.69 Å². The van der Waals surface area contributed by atoms with E-state index in [2.05, 4.69) is 22.0 Å². The Kier molecular flexibility index (Phi) is 2.94. The van der Waals surface area contributed by atoms with Gasteiger partial charge in [-0.1, -0.05) is 12.1 Å². The molecule has 1 aromatic carbocycles. The van der Waals surface area contributed by atoms with Crippen LogP contribution >= 0.6 is 11.8 Å². The van der Waals surface area contributed by atoms with Crippen LogP contribution in [0.1, 0.15) is 12.6 Å². The predicted molar refractivity (Wildman–Crippen MR) is 77.3 cm³/mol. The highest BCUT2D eigenvalue weighted by Gasteiger charge is 2.14. The van der Waals surface area contributed by atoms with Gasteiger partial charge in [0.15, 0.2) is 5.16 Å². The van der Waals surface area contributed by atoms with Gasteiger partial charge in [0.25, 0.3) is 0 Å². The quantitative estimate of drug-likeness (QED) is 0.769. The summed E-state index contributed by atoms with van der Waals surface area (Å²) in [4.78, 5) is 7.83. The molecule has 0 spiro atoms. The SMILES string of the molecule is CCn1nc(C)c(N)c1Sc1nc2ccccc2[nH]1. The van der Waals surface area contributed by atoms with Gasteiger partial charge >= 0.3 is 0 Å². The molecule has 19 heavy (non-hydrogen) atoms. The molecular weight excluding hydrogens is 258 g/mol. The van der Waals surface area contributed by atoms with Gasteiger partial charge in [0.1, 0.15) is 5.03 Å². The van der Waals surface area contributed by atoms with Crippen molar-refractivity contribution in [3.63, 3.8) is 0 Å². The molecule has 0 amide bonds. The number of nitrogens with zero attached hydrogens (tertiary/aromatic N) is 3. The van der Waals surface area contributed by atoms with Gasteiger partial charge < -0.3 is 10.7 Å². The Labute approximate surface area is 115 Å². The van der Waals surface area contributed by atoms with E-state index in [1.165, 1.54) is 11.8 Å². The molecule has 2 aromatic heterocycles. The van der Waals surface area contributed by atoms with E-state index in [1.807, 2.05) is 35.9 Å². The summed E-state index contributed by atoms with van der Waals surface area (Å²) in [6.07, 6.45) is 0. The number of rotatable bonds is 3. The molecule has 0 saturated heterocycles. The Morgan fingerprint density at radius 2 is 2.16 bits per heavy atom. The topological polar surface area (TPSA) is 72.5 Å². The van der Waals surface area contributed by atoms with Gasteiger partial charge in [0.05, 0.1) is 22.4 Å². The van der Waals surface area contributed by atoms with Crippen molar-refractivity contribution in [1.29, 1.82) is 0 Å². The second-order valence-corrected chi connectivity index (χ2v) is 5.26. The fourth-order valence-electron chi connectivity index (χ4n) is 1.97. The number of H-pyrrole nitrogens is 1. The van der Waals surface area contributed by atoms with E-state index >= 15 is 0 Å². The Hall–Kier alpha value is -1.95. The van der Waals surface area contributed by atoms with Crippen LogP contribution in [0, 0.1) is 6.92 Å². The summed E-state index contributed by atoms with van der Waals surface area (Å²) >= 11 is 1.52. The second-order valence-electron chi connectivity index (χ2n) is 4.28. The van der Waals surface area contributed by atoms with Crippen LogP contribution in [0.15, 0.2) is 34.4 Å². The van der Waals surface area contributed by atoms with Gasteiger partial charge in [-0.3, -0.25) is 4.68 Å². The number of aromatic nitrogens is 4. The highest BCUT2D eigenvalue weighted by molar-refractivity contribution is 7.99. The van der Waals surface area contributed by atoms with Crippen molar-refractivity contribution in [3.05, 3.63) is 30.0 Å². The Balaban J connectivity index is 2.00. The van der Waals surface area contributed by atoms with Crippen LogP contribution in [0.25, 0.3) is 11.0 Å². The average Bonchev–Trinajstić information content (AvgIpc) is 2.94. The molecule has 6 heteroatoms. The number of hydrogen-bond acceptors (Lipinski definition) is 4. The van der Waals surface area contributed by atoms with Gasteiger partial charge in [-0.2, -0.15) is 5.10 Å². The summed E-state index contributed by atoms with van der Waals surface area (Å²) in [5.74, 6) is 0. The minimum absolute atomic E-state index is 0.729. The molecule has 0 aliphatic rings. The van der Waals surface area contributed by atoms with Gasteiger partial charge in [-0.15, -0.1) is 0 Å². The summed E-state index contributed by atoms with van der Waals surface area (Å²) in [6.45, 7) is 4.76. The third kappa shape index (κ3) is 2.08. The minimum atomic E-state index is 0.729. The summed E-state index contributed by atoms with van der Waals surface area (Å²) in [5, 5.41) is 6.19. The maximum atomic E-state index is 6.08. The van der Waals surface area contributed by atoms with Crippen LogP contribution in [-0.4, -0.2) is 19.7 Å². The van der Waals surface area contributed by atoms with Crippen LogP contribution < -0.4 is 5.73 Å². The summed E-state index contributed by atoms with van der Waals surface area (Å²) in [6, 6.07) is 7.97. The number of benzene rings is 1. The zero-order valence-electron chi connectivity index (χ0n) is 10.8. The van der Waals surface area contributed by atoms with Crippen molar-refractivity contribution < 1.29 is 0 Å². The van der Waals surface area contributed by atoms with Crippen molar-refractivity contribution in [3.8, 4) is 0 Å². The normalized spacial score (nSPS) is 11.3. The fraction of sp³-hybridized carbons (Fsp3) is 0.231. The van der Waals surface area contributed by atoms with E-state index in [4.69, 9.17) is 5.73 Å². The smallest absolute Gasteiger partial charge is 0.172 e. The molecule has 0 aliphatic heterocycles. The second kappa shape index (κ2) is 4.62. The van der Waals surface area contributed by atoms with Crippen molar-refractivity contribution in [1.82, 2.24) is 19.7 Å². The molecule has 3 rings (SSSR count). The first-order chi connectivity index (χ1) is 9.19. The number of nitrogen functional groups attached to an aromatic ring is 1. The standard InChI is InChI=1S/C13H15N5S/c1-3-18-12(11(14)8(2)17-18)19-13-15-9-6-4-5-7-10(9)16-13/h4-7H,3,14H2,1-2H3,(H,15,16). The highest BCUT2D eigenvalue weighted by Crippen LogP contribution is 2.33. The molecule has 0 atom stereocenters. The Bertz CT molecular complexity index is 695. The fourth-order valence-corrected chi connectivity index (χ4v) is 2.99. The molecule has 2 heterocycles. The molecule has 0 fully saturated rings. The zero-order chi connectivity index (χ0) is 13.4. The van der Waals surface area contributed by atoms with Crippen molar-refractivity contribution >= 4 is 28.5 Å². The van der Waals surface area contributed by atoms with Crippen LogP contribution in [0.5, 0.6) is 0 Å². The van der Waals surface area contributed by atoms with E-state index in [0.29, 0.717) is 0 Å². The largest absolute Gasteiger partial charge is 0.395 e. The molecule has 3 aromatic rings. The summed E-state index contributed by atoms with van der Waals surface area (Å²) < 4.78 is 1.91. The molecule has 3 N–H and O–H groups in total. The Morgan fingerprint density at radius 1 is 1.37 bits per heavy atom. The van der Waals surface area contributed by atoms with Crippen LogP contribution in [0.2, 0.25) is 0 Å². The lowest BCUT2D eigenvalue weighted by Crippen LogP contribution is -1.99. The molecule has 0 radical (unpaired) electrons. The molecule has 0 bridgehead atoms. The number of hydrogen-bond donors (Lipinski definition) is 2. The highest BCUT2D eigenvalue weighted by atomic mass is 32.2. The minimum Gasteiger partial charge on any atom is -0.395 e. The maximum absolute atomic E-state index is 6.08. The van der Waals surface area contributed by atoms with Crippen molar-refractivity contribution in [2.24, 2.45) is 0 Å². The zero-order valence-corrected chi connectivity index (χ0v) is 11.7. The van der Waals surface area contributed by atoms with E-state index in [0.717, 1.165) is 39.1 Å². The van der Waals surface area contributed by atoms with Crippen molar-refractivity contribution in [2.75, 3.05) is 5.73 Å². The van der Waals surface area contributed by atoms with Gasteiger partial charge in [0.2, 0.25) is 0 Å². The molecule has 0 saturated carbocycles. The van der Waals surface area contributed by atoms with E-state index in [1.54, 1.807) is 0 Å².